The van der Waals surface area contributed by atoms with Gasteiger partial charge in [0.1, 0.15) is 18.2 Å². The Bertz CT molecular complexity index is 1320. The first-order chi connectivity index (χ1) is 15.5. The molecular formula is C23H18ClFN4O3. The van der Waals surface area contributed by atoms with Gasteiger partial charge >= 0.3 is 5.97 Å². The minimum absolute atomic E-state index is 0.228. The average Bonchev–Trinajstić information content (AvgIpc) is 3.07. The highest BCUT2D eigenvalue weighted by Gasteiger charge is 2.20. The lowest BCUT2D eigenvalue weighted by molar-refractivity contribution is 0.0683. The quantitative estimate of drug-likeness (QED) is 0.497. The number of carbonyl (C=O) groups is 1. The molecule has 0 bridgehead atoms. The second-order valence-electron chi connectivity index (χ2n) is 7.58. The number of carboxylic acids is 1. The van der Waals surface area contributed by atoms with E-state index >= 15 is 0 Å². The molecule has 0 radical (unpaired) electrons. The third kappa shape index (κ3) is 3.90. The summed E-state index contributed by atoms with van der Waals surface area (Å²) in [5.41, 5.74) is 3.47. The van der Waals surface area contributed by atoms with Gasteiger partial charge in [0.05, 0.1) is 10.5 Å². The van der Waals surface area contributed by atoms with Crippen molar-refractivity contribution < 1.29 is 19.0 Å². The van der Waals surface area contributed by atoms with Gasteiger partial charge in [0.25, 0.3) is 0 Å². The van der Waals surface area contributed by atoms with Gasteiger partial charge in [-0.3, -0.25) is 4.90 Å². The first-order valence-corrected chi connectivity index (χ1v) is 10.3. The average molecular weight is 453 g/mol. The van der Waals surface area contributed by atoms with Crippen LogP contribution in [0, 0.1) is 5.82 Å². The first kappa shape index (κ1) is 20.4. The summed E-state index contributed by atoms with van der Waals surface area (Å²) in [5.74, 6) is -1.01. The monoisotopic (exact) mass is 452 g/mol. The molecule has 0 amide bonds. The zero-order valence-electron chi connectivity index (χ0n) is 16.8. The van der Waals surface area contributed by atoms with Gasteiger partial charge in [0.15, 0.2) is 0 Å². The Labute approximate surface area is 187 Å². The van der Waals surface area contributed by atoms with Crippen molar-refractivity contribution in [1.82, 2.24) is 19.4 Å². The van der Waals surface area contributed by atoms with E-state index in [4.69, 9.17) is 21.4 Å². The predicted molar refractivity (Wildman–Crippen MR) is 117 cm³/mol. The first-order valence-electron chi connectivity index (χ1n) is 9.97. The lowest BCUT2D eigenvalue weighted by atomic mass is 10.1. The van der Waals surface area contributed by atoms with Gasteiger partial charge in [-0.05, 0) is 36.4 Å². The van der Waals surface area contributed by atoms with Crippen molar-refractivity contribution in [2.75, 3.05) is 13.2 Å². The van der Waals surface area contributed by atoms with Gasteiger partial charge < -0.3 is 14.4 Å². The number of nitrogens with zero attached hydrogens (tertiary/aromatic N) is 4. The van der Waals surface area contributed by atoms with E-state index in [0.29, 0.717) is 37.0 Å². The van der Waals surface area contributed by atoms with E-state index in [-0.39, 0.29) is 11.6 Å². The van der Waals surface area contributed by atoms with Crippen LogP contribution in [0.1, 0.15) is 21.7 Å². The molecule has 5 rings (SSSR count). The van der Waals surface area contributed by atoms with Gasteiger partial charge in [0.2, 0.25) is 5.82 Å². The molecule has 0 saturated carbocycles. The summed E-state index contributed by atoms with van der Waals surface area (Å²) in [6.45, 7) is 2.24. The van der Waals surface area contributed by atoms with Crippen molar-refractivity contribution in [3.8, 4) is 11.4 Å². The summed E-state index contributed by atoms with van der Waals surface area (Å²) < 4.78 is 21.5. The summed E-state index contributed by atoms with van der Waals surface area (Å²) in [6.07, 6.45) is 4.94. The lowest BCUT2D eigenvalue weighted by Crippen LogP contribution is -2.25. The van der Waals surface area contributed by atoms with Gasteiger partial charge in [0, 0.05) is 60.4 Å². The van der Waals surface area contributed by atoms with Crippen LogP contribution in [-0.2, 0) is 13.1 Å². The van der Waals surface area contributed by atoms with Crippen LogP contribution in [-0.4, -0.2) is 43.7 Å². The van der Waals surface area contributed by atoms with Gasteiger partial charge in [-0.2, -0.15) is 0 Å². The van der Waals surface area contributed by atoms with Gasteiger partial charge in [-0.1, -0.05) is 11.6 Å². The molecule has 32 heavy (non-hydrogen) atoms. The summed E-state index contributed by atoms with van der Waals surface area (Å²) >= 11 is 6.58. The fraction of sp³-hybridized carbons (Fsp3) is 0.174. The van der Waals surface area contributed by atoms with Crippen LogP contribution < -0.4 is 4.74 Å². The van der Waals surface area contributed by atoms with E-state index in [9.17, 15) is 9.18 Å². The highest BCUT2D eigenvalue weighted by atomic mass is 35.5. The molecule has 0 spiro atoms. The fourth-order valence-corrected chi connectivity index (χ4v) is 4.22. The second-order valence-corrected chi connectivity index (χ2v) is 7.99. The molecule has 0 aliphatic carbocycles. The molecule has 0 fully saturated rings. The van der Waals surface area contributed by atoms with E-state index in [1.54, 1.807) is 6.07 Å². The molecule has 1 aliphatic rings. The minimum atomic E-state index is -1.16. The summed E-state index contributed by atoms with van der Waals surface area (Å²) in [5, 5.41) is 10.3. The smallest absolute Gasteiger partial charge is 0.373 e. The summed E-state index contributed by atoms with van der Waals surface area (Å²) in [6, 6.07) is 10.4. The number of halogens is 2. The Morgan fingerprint density at radius 3 is 2.78 bits per heavy atom. The highest BCUT2D eigenvalue weighted by Crippen LogP contribution is 2.35. The molecule has 162 valence electrons. The Morgan fingerprint density at radius 1 is 1.19 bits per heavy atom. The highest BCUT2D eigenvalue weighted by molar-refractivity contribution is 6.32. The number of hydrogen-bond acceptors (Lipinski definition) is 5. The number of rotatable bonds is 4. The number of aromatic nitrogens is 3. The zero-order valence-corrected chi connectivity index (χ0v) is 17.6. The second kappa shape index (κ2) is 8.22. The Kier molecular flexibility index (Phi) is 5.24. The van der Waals surface area contributed by atoms with Crippen LogP contribution in [0.15, 0.2) is 55.0 Å². The predicted octanol–water partition coefficient (Wildman–Crippen LogP) is 4.31. The van der Waals surface area contributed by atoms with E-state index in [1.165, 1.54) is 24.5 Å². The number of fused-ring (bicyclic) bond motifs is 2. The van der Waals surface area contributed by atoms with Crippen LogP contribution >= 0.6 is 11.6 Å². The standard InChI is InChI=1S/C23H18ClFN4O3/c24-19-9-18(29-4-3-15-7-17(25)1-2-20(15)29)8-16-13-28(5-6-32-21(16)19)12-14-10-26-22(23(30)31)27-11-14/h1-4,7-11H,5-6,12-13H2,(H,30,31). The number of hydrogen-bond donors (Lipinski definition) is 1. The molecule has 9 heteroatoms. The fourth-order valence-electron chi connectivity index (χ4n) is 3.93. The lowest BCUT2D eigenvalue weighted by Gasteiger charge is -2.19. The molecule has 3 heterocycles. The maximum Gasteiger partial charge on any atom is 0.373 e. The third-order valence-electron chi connectivity index (χ3n) is 5.39. The molecule has 0 saturated heterocycles. The van der Waals surface area contributed by atoms with Crippen LogP contribution in [0.25, 0.3) is 16.6 Å². The van der Waals surface area contributed by atoms with Crippen LogP contribution in [0.4, 0.5) is 4.39 Å². The topological polar surface area (TPSA) is 80.5 Å². The third-order valence-corrected chi connectivity index (χ3v) is 5.67. The largest absolute Gasteiger partial charge is 0.490 e. The van der Waals surface area contributed by atoms with Crippen molar-refractivity contribution in [3.63, 3.8) is 0 Å². The molecule has 1 N–H and O–H groups in total. The number of ether oxygens (including phenoxy) is 1. The van der Waals surface area contributed by atoms with Gasteiger partial charge in [-0.25, -0.2) is 19.2 Å². The van der Waals surface area contributed by atoms with Crippen LogP contribution in [0.3, 0.4) is 0 Å². The molecule has 2 aromatic heterocycles. The molecule has 1 aliphatic heterocycles. The maximum absolute atomic E-state index is 13.6. The summed E-state index contributed by atoms with van der Waals surface area (Å²) in [4.78, 5) is 20.9. The number of benzene rings is 2. The Balaban J connectivity index is 1.45. The zero-order chi connectivity index (χ0) is 22.2. The SMILES string of the molecule is O=C(O)c1ncc(CN2CCOc3c(Cl)cc(-n4ccc5cc(F)ccc54)cc3C2)cn1. The van der Waals surface area contributed by atoms with Crippen molar-refractivity contribution in [2.45, 2.75) is 13.1 Å². The molecule has 0 atom stereocenters. The molecule has 0 unspecified atom stereocenters. The van der Waals surface area contributed by atoms with Crippen LogP contribution in [0.5, 0.6) is 5.75 Å². The van der Waals surface area contributed by atoms with Crippen molar-refractivity contribution >= 4 is 28.5 Å². The van der Waals surface area contributed by atoms with Crippen molar-refractivity contribution in [3.05, 3.63) is 82.8 Å². The molecule has 7 nitrogen and oxygen atoms in total. The van der Waals surface area contributed by atoms with E-state index in [2.05, 4.69) is 14.9 Å². The van der Waals surface area contributed by atoms with Gasteiger partial charge in [-0.15, -0.1) is 0 Å². The van der Waals surface area contributed by atoms with E-state index in [1.807, 2.05) is 29.0 Å². The van der Waals surface area contributed by atoms with E-state index < -0.39 is 5.97 Å². The Hall–Kier alpha value is -3.49. The summed E-state index contributed by atoms with van der Waals surface area (Å²) in [7, 11) is 0. The number of carboxylic acid groups (broad SMARTS) is 1. The molecule has 2 aromatic carbocycles. The minimum Gasteiger partial charge on any atom is -0.490 e. The number of aromatic carboxylic acids is 1. The van der Waals surface area contributed by atoms with E-state index in [0.717, 1.165) is 27.7 Å². The van der Waals surface area contributed by atoms with Crippen molar-refractivity contribution in [2.24, 2.45) is 0 Å². The normalized spacial score (nSPS) is 14.1. The maximum atomic E-state index is 13.6. The molecular weight excluding hydrogens is 435 g/mol. The molecule has 4 aromatic rings. The van der Waals surface area contributed by atoms with Crippen molar-refractivity contribution in [1.29, 1.82) is 0 Å². The van der Waals surface area contributed by atoms with Crippen LogP contribution in [0.2, 0.25) is 5.02 Å². The Morgan fingerprint density at radius 2 is 2.00 bits per heavy atom.